The topological polar surface area (TPSA) is 71.8 Å². The summed E-state index contributed by atoms with van der Waals surface area (Å²) in [5.74, 6) is -0.949. The van der Waals surface area contributed by atoms with Gasteiger partial charge in [0, 0.05) is 37.5 Å². The maximum Gasteiger partial charge on any atom is 0.344 e. The molecule has 1 atom stereocenters. The summed E-state index contributed by atoms with van der Waals surface area (Å²) in [4.78, 5) is 41.5. The van der Waals surface area contributed by atoms with Crippen LogP contribution in [0.1, 0.15) is 43.4 Å². The van der Waals surface area contributed by atoms with Crippen LogP contribution in [0.4, 0.5) is 10.1 Å². The first-order valence-electron chi connectivity index (χ1n) is 11.0. The number of aromatic nitrogens is 1. The Bertz CT molecular complexity index is 1140. The van der Waals surface area contributed by atoms with Gasteiger partial charge in [-0.3, -0.25) is 14.5 Å². The van der Waals surface area contributed by atoms with Crippen LogP contribution in [0.15, 0.2) is 22.0 Å². The average Bonchev–Trinajstić information content (AvgIpc) is 2.74. The van der Waals surface area contributed by atoms with Crippen molar-refractivity contribution in [3.05, 3.63) is 33.7 Å². The zero-order valence-electron chi connectivity index (χ0n) is 18.8. The van der Waals surface area contributed by atoms with E-state index in [1.807, 2.05) is 30.2 Å². The Kier molecular flexibility index (Phi) is 6.31. The van der Waals surface area contributed by atoms with Gasteiger partial charge in [0.2, 0.25) is 5.43 Å². The van der Waals surface area contributed by atoms with Gasteiger partial charge in [-0.25, -0.2) is 9.18 Å². The Morgan fingerprint density at radius 1 is 1.22 bits per heavy atom. The summed E-state index contributed by atoms with van der Waals surface area (Å²) in [6.45, 7) is 10.6. The van der Waals surface area contributed by atoms with Crippen molar-refractivity contribution in [2.24, 2.45) is 5.92 Å². The highest BCUT2D eigenvalue weighted by atomic mass is 32.2. The highest BCUT2D eigenvalue weighted by Crippen LogP contribution is 2.46. The van der Waals surface area contributed by atoms with E-state index in [0.717, 1.165) is 0 Å². The summed E-state index contributed by atoms with van der Waals surface area (Å²) in [5.41, 5.74) is 0.553. The van der Waals surface area contributed by atoms with Gasteiger partial charge in [-0.15, -0.1) is 0 Å². The number of thioether (sulfide) groups is 1. The van der Waals surface area contributed by atoms with Crippen LogP contribution in [0.5, 0.6) is 0 Å². The molecule has 0 saturated carbocycles. The minimum atomic E-state index is -0.667. The van der Waals surface area contributed by atoms with E-state index in [1.54, 1.807) is 13.0 Å². The minimum absolute atomic E-state index is 0.00166. The van der Waals surface area contributed by atoms with Crippen molar-refractivity contribution in [1.82, 2.24) is 9.47 Å². The fourth-order valence-electron chi connectivity index (χ4n) is 4.21. The van der Waals surface area contributed by atoms with E-state index in [4.69, 9.17) is 4.74 Å². The Hall–Kier alpha value is -2.39. The number of esters is 1. The third-order valence-electron chi connectivity index (χ3n) is 6.09. The standard InChI is InChI=1S/C23H28FN3O4S/c1-5-31-23(30)20-21(29)15-10-16(24)18(11-17(15)27-14(4)32-22(20)27)26-8-6-25(7-9-26)12-19(28)13(2)3/h10-11,13-14H,5-9,12H2,1-4H3. The van der Waals surface area contributed by atoms with Gasteiger partial charge in [0.15, 0.2) is 0 Å². The average molecular weight is 462 g/mol. The highest BCUT2D eigenvalue weighted by molar-refractivity contribution is 8.00. The zero-order chi connectivity index (χ0) is 23.2. The predicted molar refractivity (Wildman–Crippen MR) is 123 cm³/mol. The van der Waals surface area contributed by atoms with Crippen LogP contribution in [0.3, 0.4) is 0 Å². The first-order chi connectivity index (χ1) is 15.2. The Morgan fingerprint density at radius 3 is 2.50 bits per heavy atom. The fraction of sp³-hybridized carbons (Fsp3) is 0.522. The number of piperazine rings is 1. The Morgan fingerprint density at radius 2 is 1.91 bits per heavy atom. The lowest BCUT2D eigenvalue weighted by Crippen LogP contribution is -2.48. The number of ketones is 1. The van der Waals surface area contributed by atoms with Crippen molar-refractivity contribution in [2.75, 3.05) is 44.2 Å². The number of fused-ring (bicyclic) bond motifs is 3. The maximum atomic E-state index is 15.1. The van der Waals surface area contributed by atoms with Crippen LogP contribution in [0.25, 0.3) is 10.9 Å². The third-order valence-corrected chi connectivity index (χ3v) is 7.27. The molecule has 0 spiro atoms. The molecule has 3 heterocycles. The van der Waals surface area contributed by atoms with Gasteiger partial charge in [0.25, 0.3) is 0 Å². The lowest BCUT2D eigenvalue weighted by Gasteiger charge is -2.37. The lowest BCUT2D eigenvalue weighted by molar-refractivity contribution is -0.123. The highest BCUT2D eigenvalue weighted by Gasteiger charge is 2.34. The first kappa shape index (κ1) is 22.8. The van der Waals surface area contributed by atoms with Gasteiger partial charge in [0.05, 0.1) is 34.8 Å². The van der Waals surface area contributed by atoms with E-state index in [1.165, 1.54) is 17.8 Å². The first-order valence-corrected chi connectivity index (χ1v) is 11.9. The second-order valence-electron chi connectivity index (χ2n) is 8.52. The molecule has 1 fully saturated rings. The fourth-order valence-corrected chi connectivity index (χ4v) is 5.36. The van der Waals surface area contributed by atoms with Crippen LogP contribution in [0, 0.1) is 11.7 Å². The number of carbonyl (C=O) groups is 2. The zero-order valence-corrected chi connectivity index (χ0v) is 19.6. The smallest absolute Gasteiger partial charge is 0.344 e. The SMILES string of the molecule is CCOC(=O)c1c2n(c3cc(N4CCN(CC(=O)C(C)C)CC4)c(F)cc3c1=O)C(C)S2. The molecule has 32 heavy (non-hydrogen) atoms. The van der Waals surface area contributed by atoms with Gasteiger partial charge in [0.1, 0.15) is 17.2 Å². The van der Waals surface area contributed by atoms with Crippen LogP contribution in [-0.2, 0) is 9.53 Å². The van der Waals surface area contributed by atoms with Crippen LogP contribution >= 0.6 is 11.8 Å². The van der Waals surface area contributed by atoms with E-state index in [0.29, 0.717) is 49.0 Å². The van der Waals surface area contributed by atoms with Crippen molar-refractivity contribution in [3.8, 4) is 0 Å². The molecule has 4 rings (SSSR count). The van der Waals surface area contributed by atoms with Gasteiger partial charge in [-0.1, -0.05) is 25.6 Å². The van der Waals surface area contributed by atoms with Crippen LogP contribution < -0.4 is 10.3 Å². The van der Waals surface area contributed by atoms with Crippen molar-refractivity contribution >= 4 is 40.1 Å². The minimum Gasteiger partial charge on any atom is -0.462 e. The number of carbonyl (C=O) groups excluding carboxylic acids is 2. The summed E-state index contributed by atoms with van der Waals surface area (Å²) < 4.78 is 22.1. The van der Waals surface area contributed by atoms with E-state index in [9.17, 15) is 14.4 Å². The van der Waals surface area contributed by atoms with Crippen molar-refractivity contribution in [2.45, 2.75) is 38.1 Å². The Balaban J connectivity index is 1.67. The Labute approximate surface area is 190 Å². The molecule has 7 nitrogen and oxygen atoms in total. The molecule has 1 aromatic heterocycles. The molecule has 0 radical (unpaired) electrons. The number of hydrogen-bond donors (Lipinski definition) is 0. The number of pyridine rings is 1. The number of benzene rings is 1. The number of nitrogens with zero attached hydrogens (tertiary/aromatic N) is 3. The number of halogens is 1. The van der Waals surface area contributed by atoms with Crippen molar-refractivity contribution in [1.29, 1.82) is 0 Å². The monoisotopic (exact) mass is 461 g/mol. The number of ether oxygens (including phenoxy) is 1. The molecular weight excluding hydrogens is 433 g/mol. The maximum absolute atomic E-state index is 15.1. The van der Waals surface area contributed by atoms with Gasteiger partial charge >= 0.3 is 5.97 Å². The van der Waals surface area contributed by atoms with Gasteiger partial charge in [-0.2, -0.15) is 0 Å². The number of hydrogen-bond acceptors (Lipinski definition) is 7. The number of rotatable bonds is 6. The summed E-state index contributed by atoms with van der Waals surface area (Å²) in [6, 6.07) is 2.96. The summed E-state index contributed by atoms with van der Waals surface area (Å²) in [6.07, 6.45) is 0. The quantitative estimate of drug-likeness (QED) is 0.612. The second-order valence-corrected chi connectivity index (χ2v) is 9.83. The lowest BCUT2D eigenvalue weighted by atomic mass is 10.1. The molecule has 2 aliphatic heterocycles. The molecular formula is C23H28FN3O4S. The predicted octanol–water partition coefficient (Wildman–Crippen LogP) is 3.29. The molecule has 2 aliphatic rings. The molecule has 1 saturated heterocycles. The summed E-state index contributed by atoms with van der Waals surface area (Å²) in [5, 5.41) is 0.785. The molecule has 0 amide bonds. The van der Waals surface area contributed by atoms with E-state index < -0.39 is 17.2 Å². The number of anilines is 1. The molecule has 0 aliphatic carbocycles. The molecule has 172 valence electrons. The van der Waals surface area contributed by atoms with Gasteiger partial charge in [-0.05, 0) is 26.0 Å². The molecule has 0 N–H and O–H groups in total. The van der Waals surface area contributed by atoms with Gasteiger partial charge < -0.3 is 14.2 Å². The number of Topliss-reactive ketones (excluding diaryl/α,β-unsaturated/α-hetero) is 1. The summed E-state index contributed by atoms with van der Waals surface area (Å²) in [7, 11) is 0. The molecule has 1 aromatic carbocycles. The van der Waals surface area contributed by atoms with Crippen LogP contribution in [-0.4, -0.2) is 60.6 Å². The van der Waals surface area contributed by atoms with Crippen molar-refractivity contribution < 1.29 is 18.7 Å². The molecule has 9 heteroatoms. The van der Waals surface area contributed by atoms with E-state index >= 15 is 4.39 Å². The largest absolute Gasteiger partial charge is 0.462 e. The summed E-state index contributed by atoms with van der Waals surface area (Å²) >= 11 is 1.43. The molecule has 1 unspecified atom stereocenters. The molecule has 2 aromatic rings. The van der Waals surface area contributed by atoms with E-state index in [-0.39, 0.29) is 34.6 Å². The van der Waals surface area contributed by atoms with Crippen LogP contribution in [0.2, 0.25) is 0 Å². The van der Waals surface area contributed by atoms with E-state index in [2.05, 4.69) is 4.90 Å². The third kappa shape index (κ3) is 3.92. The normalized spacial score (nSPS) is 18.6. The van der Waals surface area contributed by atoms with Crippen molar-refractivity contribution in [3.63, 3.8) is 0 Å². The second kappa shape index (κ2) is 8.86. The molecule has 0 bridgehead atoms.